The van der Waals surface area contributed by atoms with Crippen molar-refractivity contribution in [3.05, 3.63) is 83.3 Å². The summed E-state index contributed by atoms with van der Waals surface area (Å²) in [6.07, 6.45) is -6.21. The Balaban J connectivity index is 1.95. The predicted octanol–water partition coefficient (Wildman–Crippen LogP) is 6.14. The Labute approximate surface area is 164 Å². The molecule has 1 nitrogen and oxygen atoms in total. The zero-order valence-corrected chi connectivity index (χ0v) is 13.7. The lowest BCUT2D eigenvalue weighted by molar-refractivity contribution is -0.137. The first-order valence-corrected chi connectivity index (χ1v) is 7.96. The van der Waals surface area contributed by atoms with Gasteiger partial charge in [-0.25, -0.2) is 0 Å². The molecule has 26 heavy (non-hydrogen) atoms. The molecular weight excluding hydrogens is 335 g/mol. The van der Waals surface area contributed by atoms with Crippen molar-refractivity contribution in [1.29, 1.82) is 0 Å². The van der Waals surface area contributed by atoms with Gasteiger partial charge in [-0.1, -0.05) is 60.6 Å². The summed E-state index contributed by atoms with van der Waals surface area (Å²) in [5, 5.41) is 3.81. The monoisotopic (exact) mass is 366 g/mol. The summed E-state index contributed by atoms with van der Waals surface area (Å²) in [7, 11) is 0. The van der Waals surface area contributed by atoms with Crippen LogP contribution in [0.3, 0.4) is 0 Å². The highest BCUT2D eigenvalue weighted by molar-refractivity contribution is 5.86. The number of halogens is 3. The fourth-order valence-corrected chi connectivity index (χ4v) is 2.59. The van der Waals surface area contributed by atoms with Gasteiger partial charge in [0.25, 0.3) is 0 Å². The number of nitrogens with one attached hydrogen (secondary N) is 1. The van der Waals surface area contributed by atoms with Gasteiger partial charge in [0.2, 0.25) is 0 Å². The van der Waals surface area contributed by atoms with Gasteiger partial charge in [-0.15, -0.1) is 0 Å². The molecule has 0 saturated carbocycles. The van der Waals surface area contributed by atoms with E-state index in [2.05, 4.69) is 5.32 Å². The van der Waals surface area contributed by atoms with E-state index >= 15 is 0 Å². The van der Waals surface area contributed by atoms with Crippen molar-refractivity contribution in [3.63, 3.8) is 0 Å². The van der Waals surface area contributed by atoms with E-state index in [-0.39, 0.29) is 0 Å². The van der Waals surface area contributed by atoms with E-state index in [0.29, 0.717) is 10.9 Å². The summed E-state index contributed by atoms with van der Waals surface area (Å²) in [5.74, 6) is 0. The molecule has 0 fully saturated rings. The molecule has 3 aromatic carbocycles. The maximum atomic E-state index is 13.4. The Kier molecular flexibility index (Phi) is 3.08. The molecule has 0 saturated heterocycles. The second-order valence-electron chi connectivity index (χ2n) is 5.67. The van der Waals surface area contributed by atoms with Crippen molar-refractivity contribution < 1.29 is 25.5 Å². The first-order valence-electron chi connectivity index (χ1n) is 12.5. The van der Waals surface area contributed by atoms with Crippen molar-refractivity contribution in [2.24, 2.45) is 0 Å². The third-order valence-corrected chi connectivity index (χ3v) is 3.84. The summed E-state index contributed by atoms with van der Waals surface area (Å²) in [4.78, 5) is 0. The number of benzene rings is 3. The maximum absolute atomic E-state index is 13.4. The van der Waals surface area contributed by atoms with Gasteiger partial charge in [0.15, 0.2) is 0 Å². The highest BCUT2D eigenvalue weighted by Crippen LogP contribution is 2.29. The average molecular weight is 366 g/mol. The molecule has 0 amide bonds. The van der Waals surface area contributed by atoms with Crippen LogP contribution in [0.2, 0.25) is 0 Å². The summed E-state index contributed by atoms with van der Waals surface area (Å²) >= 11 is 0. The van der Waals surface area contributed by atoms with Crippen molar-refractivity contribution in [3.8, 4) is 0 Å². The molecule has 0 aliphatic rings. The Bertz CT molecular complexity index is 1230. The van der Waals surface area contributed by atoms with Crippen molar-refractivity contribution in [2.45, 2.75) is 31.9 Å². The lowest BCUT2D eigenvalue weighted by Crippen LogP contribution is -2.20. The number of fused-ring (bicyclic) bond motifs is 1. The standard InChI is InChI=1S/C22H22F3N/c1-16(20-13-5-10-18-9-2-3-12-21(18)20)26-14-6-8-17-7-4-11-19(15-17)22(23,24)25/h2-5,7,9-13,15-16,26H,6,8,14H2,1H3/t16-/m1/s1/i1D3,4D,7D,11D,14D2,15D. The van der Waals surface area contributed by atoms with Crippen molar-refractivity contribution >= 4 is 10.8 Å². The van der Waals surface area contributed by atoms with E-state index in [0.717, 1.165) is 5.39 Å². The molecule has 1 N–H and O–H groups in total. The van der Waals surface area contributed by atoms with Gasteiger partial charge in [-0.2, -0.15) is 13.2 Å². The van der Waals surface area contributed by atoms with Crippen LogP contribution in [0.5, 0.6) is 0 Å². The average Bonchev–Trinajstić information content (AvgIpc) is 2.74. The van der Waals surface area contributed by atoms with Gasteiger partial charge in [0, 0.05) is 12.9 Å². The Hall–Kier alpha value is -2.33. The smallest absolute Gasteiger partial charge is 0.310 e. The Morgan fingerprint density at radius 1 is 1.15 bits per heavy atom. The summed E-state index contributed by atoms with van der Waals surface area (Å²) in [5.41, 5.74) is -1.86. The van der Waals surface area contributed by atoms with Crippen LogP contribution in [-0.4, -0.2) is 6.50 Å². The first kappa shape index (κ1) is 10.1. The van der Waals surface area contributed by atoms with Crippen LogP contribution < -0.4 is 5.32 Å². The molecule has 1 atom stereocenters. The van der Waals surface area contributed by atoms with Crippen LogP contribution in [0.4, 0.5) is 13.2 Å². The molecule has 0 aliphatic heterocycles. The number of hydrogen-bond donors (Lipinski definition) is 1. The minimum absolute atomic E-state index is 0.320. The first-order chi connectivity index (χ1) is 16.0. The summed E-state index contributed by atoms with van der Waals surface area (Å²) in [6.45, 7) is -5.10. The molecular formula is C22H22F3N. The number of alkyl halides is 3. The van der Waals surface area contributed by atoms with E-state index in [1.54, 1.807) is 42.5 Å². The minimum Gasteiger partial charge on any atom is -0.310 e. The molecule has 0 radical (unpaired) electrons. The molecule has 4 heteroatoms. The zero-order chi connectivity index (χ0) is 26.3. The minimum atomic E-state index is -5.09. The van der Waals surface area contributed by atoms with Crippen LogP contribution in [0.1, 0.15) is 48.3 Å². The van der Waals surface area contributed by atoms with E-state index in [1.165, 1.54) is 0 Å². The Morgan fingerprint density at radius 2 is 1.96 bits per heavy atom. The van der Waals surface area contributed by atoms with Gasteiger partial charge >= 0.3 is 6.18 Å². The quantitative estimate of drug-likeness (QED) is 0.552. The lowest BCUT2D eigenvalue weighted by Gasteiger charge is -2.17. The van der Waals surface area contributed by atoms with Crippen LogP contribution >= 0.6 is 0 Å². The van der Waals surface area contributed by atoms with Crippen LogP contribution in [-0.2, 0) is 12.6 Å². The van der Waals surface area contributed by atoms with E-state index in [9.17, 15) is 13.2 Å². The van der Waals surface area contributed by atoms with Crippen molar-refractivity contribution in [2.75, 3.05) is 6.50 Å². The SMILES string of the molecule is [2H]c1c([2H])c(CCC([2H])([2H])N[C@@H](c2cccc3ccccc23)C([2H])([2H])[2H])c([2H])c(C(F)(F)F)c1[2H]. The normalized spacial score (nSPS) is 19.1. The third-order valence-electron chi connectivity index (χ3n) is 3.84. The lowest BCUT2D eigenvalue weighted by atomic mass is 9.99. The molecule has 0 unspecified atom stereocenters. The van der Waals surface area contributed by atoms with Crippen LogP contribution in [0.15, 0.2) is 66.6 Å². The predicted molar refractivity (Wildman–Crippen MR) is 100 cm³/mol. The molecule has 0 spiro atoms. The highest BCUT2D eigenvalue weighted by Gasteiger charge is 2.30. The van der Waals surface area contributed by atoms with Gasteiger partial charge in [-0.05, 0) is 54.1 Å². The second-order valence-corrected chi connectivity index (χ2v) is 5.67. The topological polar surface area (TPSA) is 12.0 Å². The van der Waals surface area contributed by atoms with Crippen molar-refractivity contribution in [1.82, 2.24) is 5.32 Å². The van der Waals surface area contributed by atoms with Gasteiger partial charge in [-0.3, -0.25) is 0 Å². The molecule has 3 rings (SSSR count). The summed E-state index contributed by atoms with van der Waals surface area (Å²) in [6, 6.07) is 6.30. The van der Waals surface area contributed by atoms with Gasteiger partial charge < -0.3 is 5.32 Å². The third kappa shape index (κ3) is 4.44. The molecule has 0 aliphatic carbocycles. The molecule has 0 aromatic heterocycles. The number of hydrogen-bond acceptors (Lipinski definition) is 1. The van der Waals surface area contributed by atoms with E-state index < -0.39 is 73.7 Å². The van der Waals surface area contributed by atoms with Gasteiger partial charge in [0.1, 0.15) is 0 Å². The van der Waals surface area contributed by atoms with E-state index in [1.807, 2.05) is 0 Å². The Morgan fingerprint density at radius 3 is 2.77 bits per heavy atom. The largest absolute Gasteiger partial charge is 0.416 e. The van der Waals surface area contributed by atoms with Crippen LogP contribution in [0.25, 0.3) is 10.8 Å². The summed E-state index contributed by atoms with van der Waals surface area (Å²) < 4.78 is 112. The maximum Gasteiger partial charge on any atom is 0.416 e. The fraction of sp³-hybridized carbons (Fsp3) is 0.273. The molecule has 136 valence electrons. The highest BCUT2D eigenvalue weighted by atomic mass is 19.4. The zero-order valence-electron chi connectivity index (χ0n) is 22.7. The van der Waals surface area contributed by atoms with Crippen LogP contribution in [0, 0.1) is 0 Å². The molecule has 0 heterocycles. The van der Waals surface area contributed by atoms with Gasteiger partial charge in [0.05, 0.1) is 11.0 Å². The second kappa shape index (κ2) is 7.92. The van der Waals surface area contributed by atoms with E-state index in [4.69, 9.17) is 12.3 Å². The number of rotatable bonds is 6. The molecule has 3 aromatic rings. The molecule has 0 bridgehead atoms. The fourth-order valence-electron chi connectivity index (χ4n) is 2.59.